The molecule has 0 bridgehead atoms. The molecule has 0 aromatic rings. The lowest BCUT2D eigenvalue weighted by Gasteiger charge is -2.29. The molecule has 2 saturated heterocycles. The van der Waals surface area contributed by atoms with Gasteiger partial charge in [0.05, 0.1) is 49.5 Å². The fraction of sp³-hybridized carbons (Fsp3) is 0.909. The molecule has 0 spiro atoms. The minimum absolute atomic E-state index is 0.0284. The van der Waals surface area contributed by atoms with E-state index in [1.165, 1.54) is 0 Å². The summed E-state index contributed by atoms with van der Waals surface area (Å²) in [6, 6.07) is 0. The van der Waals surface area contributed by atoms with Crippen molar-refractivity contribution in [1.29, 1.82) is 0 Å². The summed E-state index contributed by atoms with van der Waals surface area (Å²) in [7, 11) is 0. The molecule has 6 unspecified atom stereocenters. The Balaban J connectivity index is 0.961. The summed E-state index contributed by atoms with van der Waals surface area (Å²) < 4.78 is 22.2. The zero-order valence-electron chi connectivity index (χ0n) is 16.6. The second-order valence-electron chi connectivity index (χ2n) is 9.59. The van der Waals surface area contributed by atoms with E-state index in [2.05, 4.69) is 0 Å². The van der Waals surface area contributed by atoms with Gasteiger partial charge in [-0.15, -0.1) is 0 Å². The highest BCUT2D eigenvalue weighted by atomic mass is 16.6. The van der Waals surface area contributed by atoms with Crippen molar-refractivity contribution in [1.82, 2.24) is 0 Å². The maximum atomic E-state index is 12.3. The van der Waals surface area contributed by atoms with Crippen LogP contribution in [0.25, 0.3) is 0 Å². The first-order valence-corrected chi connectivity index (χ1v) is 11.3. The lowest BCUT2D eigenvalue weighted by molar-refractivity contribution is -0.153. The summed E-state index contributed by atoms with van der Waals surface area (Å²) >= 11 is 0. The Labute approximate surface area is 166 Å². The van der Waals surface area contributed by atoms with Crippen LogP contribution in [0.4, 0.5) is 0 Å². The van der Waals surface area contributed by atoms with Crippen molar-refractivity contribution in [2.24, 2.45) is 23.7 Å². The Morgan fingerprint density at radius 2 is 1.04 bits per heavy atom. The Morgan fingerprint density at radius 3 is 1.43 bits per heavy atom. The van der Waals surface area contributed by atoms with Crippen LogP contribution in [-0.4, -0.2) is 49.6 Å². The van der Waals surface area contributed by atoms with Crippen LogP contribution in [0.5, 0.6) is 0 Å². The van der Waals surface area contributed by atoms with Gasteiger partial charge in [0.25, 0.3) is 0 Å². The number of epoxide rings is 2. The second kappa shape index (κ2) is 7.94. The second-order valence-corrected chi connectivity index (χ2v) is 9.59. The van der Waals surface area contributed by atoms with Gasteiger partial charge in [-0.1, -0.05) is 0 Å². The highest BCUT2D eigenvalue weighted by Gasteiger charge is 2.47. The molecule has 2 aliphatic heterocycles. The van der Waals surface area contributed by atoms with Crippen molar-refractivity contribution in [2.75, 3.05) is 13.2 Å². The van der Waals surface area contributed by atoms with Gasteiger partial charge < -0.3 is 18.9 Å². The minimum atomic E-state index is -0.0284. The number of hydrogen-bond donors (Lipinski definition) is 0. The number of hydrogen-bond acceptors (Lipinski definition) is 6. The van der Waals surface area contributed by atoms with Gasteiger partial charge in [-0.2, -0.15) is 0 Å². The Morgan fingerprint density at radius 1 is 0.607 bits per heavy atom. The summed E-state index contributed by atoms with van der Waals surface area (Å²) in [6.07, 6.45) is 11.2. The van der Waals surface area contributed by atoms with E-state index < -0.39 is 0 Å². The van der Waals surface area contributed by atoms with E-state index in [0.29, 0.717) is 49.5 Å². The van der Waals surface area contributed by atoms with Crippen LogP contribution in [-0.2, 0) is 28.5 Å². The van der Waals surface area contributed by atoms with Gasteiger partial charge >= 0.3 is 11.9 Å². The molecule has 0 radical (unpaired) electrons. The third kappa shape index (κ3) is 4.38. The van der Waals surface area contributed by atoms with E-state index in [1.807, 2.05) is 0 Å². The van der Waals surface area contributed by atoms with Crippen molar-refractivity contribution < 1.29 is 28.5 Å². The molecule has 0 N–H and O–H groups in total. The maximum absolute atomic E-state index is 12.3. The van der Waals surface area contributed by atoms with E-state index in [9.17, 15) is 9.59 Å². The van der Waals surface area contributed by atoms with Crippen LogP contribution in [0.2, 0.25) is 0 Å². The number of ether oxygens (including phenoxy) is 4. The van der Waals surface area contributed by atoms with Gasteiger partial charge in [-0.05, 0) is 76.0 Å². The van der Waals surface area contributed by atoms with E-state index in [-0.39, 0.29) is 23.8 Å². The minimum Gasteiger partial charge on any atom is -0.465 e. The first-order valence-electron chi connectivity index (χ1n) is 11.3. The fourth-order valence-corrected chi connectivity index (χ4v) is 5.44. The number of carbonyl (C=O) groups is 2. The summed E-state index contributed by atoms with van der Waals surface area (Å²) in [6.45, 7) is 1.09. The summed E-state index contributed by atoms with van der Waals surface area (Å²) in [5, 5.41) is 0. The predicted octanol–water partition coefficient (Wildman–Crippen LogP) is 3.01. The van der Waals surface area contributed by atoms with E-state index >= 15 is 0 Å². The maximum Gasteiger partial charge on any atom is 0.309 e. The Kier molecular flexibility index (Phi) is 5.35. The topological polar surface area (TPSA) is 77.7 Å². The van der Waals surface area contributed by atoms with Crippen molar-refractivity contribution in [2.45, 2.75) is 88.6 Å². The Hall–Kier alpha value is -1.14. The van der Waals surface area contributed by atoms with Gasteiger partial charge in [0, 0.05) is 0 Å². The molecule has 2 heterocycles. The van der Waals surface area contributed by atoms with E-state index in [4.69, 9.17) is 18.9 Å². The Bertz CT molecular complexity index is 546. The molecule has 28 heavy (non-hydrogen) atoms. The molecule has 5 aliphatic rings. The molecule has 0 aromatic heterocycles. The van der Waals surface area contributed by atoms with Crippen molar-refractivity contribution in [3.8, 4) is 0 Å². The predicted molar refractivity (Wildman–Crippen MR) is 99.4 cm³/mol. The standard InChI is InChI=1S/C22H32O6/c23-21(15-5-7-17-19(9-15)27-17)25-11-13-1-2-14(4-3-13)12-26-22(24)16-6-8-18-20(10-16)28-18/h13-20H,1-12H2. The molecule has 3 saturated carbocycles. The zero-order valence-corrected chi connectivity index (χ0v) is 16.6. The largest absolute Gasteiger partial charge is 0.465 e. The SMILES string of the molecule is O=C(OCC1CCC(COC(=O)C2CCC3OC3C2)CC1)C1CCC2OC2C1. The van der Waals surface area contributed by atoms with Gasteiger partial charge in [0.2, 0.25) is 0 Å². The monoisotopic (exact) mass is 392 g/mol. The van der Waals surface area contributed by atoms with Crippen LogP contribution in [0.15, 0.2) is 0 Å². The lowest BCUT2D eigenvalue weighted by atomic mass is 9.82. The molecule has 0 amide bonds. The average molecular weight is 392 g/mol. The molecule has 3 aliphatic carbocycles. The van der Waals surface area contributed by atoms with Gasteiger partial charge in [0.15, 0.2) is 0 Å². The molecule has 6 nitrogen and oxygen atoms in total. The van der Waals surface area contributed by atoms with Crippen LogP contribution < -0.4 is 0 Å². The summed E-state index contributed by atoms with van der Waals surface area (Å²) in [5.41, 5.74) is 0. The number of fused-ring (bicyclic) bond motifs is 2. The number of rotatable bonds is 6. The number of carbonyl (C=O) groups excluding carboxylic acids is 2. The van der Waals surface area contributed by atoms with Crippen LogP contribution >= 0.6 is 0 Å². The molecule has 6 atom stereocenters. The fourth-order valence-electron chi connectivity index (χ4n) is 5.44. The summed E-state index contributed by atoms with van der Waals surface area (Å²) in [5.74, 6) is 0.920. The van der Waals surface area contributed by atoms with Crippen LogP contribution in [0.3, 0.4) is 0 Å². The molecule has 0 aromatic carbocycles. The van der Waals surface area contributed by atoms with Crippen LogP contribution in [0, 0.1) is 23.7 Å². The highest BCUT2D eigenvalue weighted by Crippen LogP contribution is 2.41. The molecular weight excluding hydrogens is 360 g/mol. The van der Waals surface area contributed by atoms with Crippen molar-refractivity contribution in [3.63, 3.8) is 0 Å². The third-order valence-electron chi connectivity index (χ3n) is 7.56. The molecule has 5 fully saturated rings. The normalized spacial score (nSPS) is 44.0. The van der Waals surface area contributed by atoms with Crippen molar-refractivity contribution in [3.05, 3.63) is 0 Å². The quantitative estimate of drug-likeness (QED) is 0.511. The first kappa shape index (κ1) is 18.9. The molecule has 5 rings (SSSR count). The molecule has 6 heteroatoms. The van der Waals surface area contributed by atoms with Crippen LogP contribution in [0.1, 0.15) is 64.2 Å². The molecular formula is C22H32O6. The summed E-state index contributed by atoms with van der Waals surface area (Å²) in [4.78, 5) is 24.6. The zero-order chi connectivity index (χ0) is 19.1. The number of esters is 2. The third-order valence-corrected chi connectivity index (χ3v) is 7.56. The first-order chi connectivity index (χ1) is 13.7. The lowest BCUT2D eigenvalue weighted by Crippen LogP contribution is -2.29. The molecule has 156 valence electrons. The van der Waals surface area contributed by atoms with Crippen molar-refractivity contribution >= 4 is 11.9 Å². The van der Waals surface area contributed by atoms with Gasteiger partial charge in [0.1, 0.15) is 0 Å². The smallest absolute Gasteiger partial charge is 0.309 e. The van der Waals surface area contributed by atoms with Gasteiger partial charge in [-0.25, -0.2) is 0 Å². The van der Waals surface area contributed by atoms with E-state index in [1.54, 1.807) is 0 Å². The highest BCUT2D eigenvalue weighted by molar-refractivity contribution is 5.73. The average Bonchev–Trinajstić information content (AvgIpc) is 3.63. The van der Waals surface area contributed by atoms with E-state index in [0.717, 1.165) is 64.2 Å². The van der Waals surface area contributed by atoms with Gasteiger partial charge in [-0.3, -0.25) is 9.59 Å².